The molecule has 0 bridgehead atoms. The average Bonchev–Trinajstić information content (AvgIpc) is 2.03. The summed E-state index contributed by atoms with van der Waals surface area (Å²) in [5.41, 5.74) is 5.29. The second-order valence-electron chi connectivity index (χ2n) is 2.20. The van der Waals surface area contributed by atoms with Crippen molar-refractivity contribution in [3.63, 3.8) is 0 Å². The lowest BCUT2D eigenvalue weighted by molar-refractivity contribution is -0.384. The maximum atomic E-state index is 10.8. The summed E-state index contributed by atoms with van der Waals surface area (Å²) in [6.45, 7) is 0. The molecule has 0 heterocycles. The predicted molar refractivity (Wildman–Crippen MR) is 49.8 cm³/mol. The SMILES string of the molecule is Nc1cc([N+](=O)[O-])ccc1S(=O)Cl. The zero-order chi connectivity index (χ0) is 10.0. The van der Waals surface area contributed by atoms with Crippen molar-refractivity contribution in [3.8, 4) is 0 Å². The Balaban J connectivity index is 3.20. The van der Waals surface area contributed by atoms with Crippen molar-refractivity contribution in [3.05, 3.63) is 28.3 Å². The number of nitro benzene ring substituents is 1. The summed E-state index contributed by atoms with van der Waals surface area (Å²) < 4.78 is 10.8. The molecule has 0 aliphatic carbocycles. The fraction of sp³-hybridized carbons (Fsp3) is 0. The number of rotatable bonds is 2. The Morgan fingerprint density at radius 1 is 1.54 bits per heavy atom. The Labute approximate surface area is 80.6 Å². The number of hydrogen-bond donors (Lipinski definition) is 1. The molecule has 2 N–H and O–H groups in total. The number of nitrogens with zero attached hydrogens (tertiary/aromatic N) is 1. The van der Waals surface area contributed by atoms with Crippen molar-refractivity contribution in [1.82, 2.24) is 0 Å². The molecule has 13 heavy (non-hydrogen) atoms. The molecule has 1 aromatic rings. The van der Waals surface area contributed by atoms with Crippen LogP contribution in [0.25, 0.3) is 0 Å². The van der Waals surface area contributed by atoms with Crippen molar-refractivity contribution in [1.29, 1.82) is 0 Å². The molecule has 1 unspecified atom stereocenters. The zero-order valence-corrected chi connectivity index (χ0v) is 7.84. The van der Waals surface area contributed by atoms with Crippen molar-refractivity contribution in [2.75, 3.05) is 5.73 Å². The van der Waals surface area contributed by atoms with E-state index < -0.39 is 14.9 Å². The summed E-state index contributed by atoms with van der Waals surface area (Å²) in [7, 11) is 3.53. The maximum absolute atomic E-state index is 10.8. The van der Waals surface area contributed by atoms with Gasteiger partial charge in [0.2, 0.25) is 0 Å². The Morgan fingerprint density at radius 3 is 2.54 bits per heavy atom. The molecule has 0 aliphatic heterocycles. The molecule has 0 radical (unpaired) electrons. The van der Waals surface area contributed by atoms with E-state index in [9.17, 15) is 14.3 Å². The lowest BCUT2D eigenvalue weighted by Gasteiger charge is -1.99. The van der Waals surface area contributed by atoms with Crippen LogP contribution in [0.5, 0.6) is 0 Å². The highest BCUT2D eigenvalue weighted by Crippen LogP contribution is 2.23. The third-order valence-corrected chi connectivity index (χ3v) is 2.59. The van der Waals surface area contributed by atoms with Crippen LogP contribution in [-0.4, -0.2) is 9.13 Å². The smallest absolute Gasteiger partial charge is 0.271 e. The van der Waals surface area contributed by atoms with Crippen molar-refractivity contribution < 1.29 is 9.13 Å². The van der Waals surface area contributed by atoms with Gasteiger partial charge in [-0.25, -0.2) is 4.21 Å². The number of nitrogens with two attached hydrogens (primary N) is 1. The molecule has 0 spiro atoms. The first-order chi connectivity index (χ1) is 6.02. The molecule has 1 atom stereocenters. The summed E-state index contributed by atoms with van der Waals surface area (Å²) in [5.74, 6) is 0. The van der Waals surface area contributed by atoms with Crippen LogP contribution in [0.2, 0.25) is 0 Å². The van der Waals surface area contributed by atoms with E-state index in [1.807, 2.05) is 0 Å². The fourth-order valence-corrected chi connectivity index (χ4v) is 1.64. The van der Waals surface area contributed by atoms with Gasteiger partial charge in [-0.3, -0.25) is 10.1 Å². The third kappa shape index (κ3) is 2.16. The lowest BCUT2D eigenvalue weighted by Crippen LogP contribution is -1.95. The summed E-state index contributed by atoms with van der Waals surface area (Å²) in [5, 5.41) is 10.3. The van der Waals surface area contributed by atoms with E-state index in [1.165, 1.54) is 12.1 Å². The molecule has 1 rings (SSSR count). The number of hydrogen-bond acceptors (Lipinski definition) is 4. The number of benzene rings is 1. The molecule has 0 amide bonds. The van der Waals surface area contributed by atoms with Gasteiger partial charge in [-0.15, -0.1) is 0 Å². The Morgan fingerprint density at radius 2 is 2.15 bits per heavy atom. The van der Waals surface area contributed by atoms with Crippen LogP contribution in [-0.2, 0) is 10.0 Å². The quantitative estimate of drug-likeness (QED) is 0.354. The molecule has 0 aliphatic rings. The highest BCUT2D eigenvalue weighted by atomic mass is 35.7. The molecule has 0 saturated heterocycles. The average molecular weight is 221 g/mol. The Bertz CT molecular complexity index is 382. The number of nitrogen functional groups attached to an aromatic ring is 1. The van der Waals surface area contributed by atoms with Gasteiger partial charge in [0.25, 0.3) is 5.69 Å². The van der Waals surface area contributed by atoms with Crippen molar-refractivity contribution >= 4 is 32.1 Å². The molecule has 1 aromatic carbocycles. The van der Waals surface area contributed by atoms with Gasteiger partial charge in [0.1, 0.15) is 10.0 Å². The van der Waals surface area contributed by atoms with E-state index in [-0.39, 0.29) is 16.3 Å². The van der Waals surface area contributed by atoms with Crippen LogP contribution in [0.15, 0.2) is 23.1 Å². The van der Waals surface area contributed by atoms with Gasteiger partial charge in [0.05, 0.1) is 15.5 Å². The minimum Gasteiger partial charge on any atom is -0.398 e. The van der Waals surface area contributed by atoms with Gasteiger partial charge >= 0.3 is 0 Å². The molecular weight excluding hydrogens is 216 g/mol. The highest BCUT2D eigenvalue weighted by molar-refractivity contribution is 8.08. The summed E-state index contributed by atoms with van der Waals surface area (Å²) in [4.78, 5) is 9.88. The van der Waals surface area contributed by atoms with Gasteiger partial charge in [-0.05, 0) is 16.7 Å². The second-order valence-corrected chi connectivity index (χ2v) is 3.93. The van der Waals surface area contributed by atoms with Crippen LogP contribution in [0.1, 0.15) is 0 Å². The number of anilines is 1. The number of non-ortho nitro benzene ring substituents is 1. The fourth-order valence-electron chi connectivity index (χ4n) is 0.796. The van der Waals surface area contributed by atoms with E-state index in [0.717, 1.165) is 6.07 Å². The van der Waals surface area contributed by atoms with Crippen LogP contribution < -0.4 is 5.73 Å². The van der Waals surface area contributed by atoms with Crippen molar-refractivity contribution in [2.45, 2.75) is 4.90 Å². The van der Waals surface area contributed by atoms with E-state index >= 15 is 0 Å². The largest absolute Gasteiger partial charge is 0.398 e. The molecule has 0 fully saturated rings. The van der Waals surface area contributed by atoms with Crippen LogP contribution in [0.3, 0.4) is 0 Å². The number of halogens is 1. The summed E-state index contributed by atoms with van der Waals surface area (Å²) >= 11 is 0. The molecular formula is C6H5ClN2O3S. The van der Waals surface area contributed by atoms with Gasteiger partial charge in [-0.1, -0.05) is 0 Å². The predicted octanol–water partition coefficient (Wildman–Crippen LogP) is 1.44. The first-order valence-electron chi connectivity index (χ1n) is 3.14. The minimum absolute atomic E-state index is 0.0579. The van der Waals surface area contributed by atoms with Gasteiger partial charge in [-0.2, -0.15) is 0 Å². The van der Waals surface area contributed by atoms with E-state index in [1.54, 1.807) is 0 Å². The topological polar surface area (TPSA) is 86.2 Å². The van der Waals surface area contributed by atoms with E-state index in [2.05, 4.69) is 0 Å². The second kappa shape index (κ2) is 3.71. The van der Waals surface area contributed by atoms with Crippen molar-refractivity contribution in [2.24, 2.45) is 0 Å². The highest BCUT2D eigenvalue weighted by Gasteiger charge is 2.11. The summed E-state index contributed by atoms with van der Waals surface area (Å²) in [6, 6.07) is 3.60. The van der Waals surface area contributed by atoms with Gasteiger partial charge < -0.3 is 5.73 Å². The molecule has 0 saturated carbocycles. The minimum atomic E-state index is -1.74. The first kappa shape index (κ1) is 9.94. The van der Waals surface area contributed by atoms with Crippen LogP contribution >= 0.6 is 10.7 Å². The normalized spacial score (nSPS) is 12.4. The third-order valence-electron chi connectivity index (χ3n) is 1.38. The maximum Gasteiger partial charge on any atom is 0.271 e. The van der Waals surface area contributed by atoms with Gasteiger partial charge in [0, 0.05) is 12.1 Å². The van der Waals surface area contributed by atoms with Crippen LogP contribution in [0.4, 0.5) is 11.4 Å². The zero-order valence-electron chi connectivity index (χ0n) is 6.27. The summed E-state index contributed by atoms with van der Waals surface area (Å²) in [6.07, 6.45) is 0. The first-order valence-corrected chi connectivity index (χ1v) is 5.12. The van der Waals surface area contributed by atoms with Gasteiger partial charge in [0.15, 0.2) is 0 Å². The monoisotopic (exact) mass is 220 g/mol. The van der Waals surface area contributed by atoms with E-state index in [4.69, 9.17) is 16.4 Å². The van der Waals surface area contributed by atoms with E-state index in [0.29, 0.717) is 0 Å². The number of nitro groups is 1. The standard InChI is InChI=1S/C6H5ClN2O3S/c7-13(12)6-2-1-4(9(10)11)3-5(6)8/h1-3H,8H2. The lowest BCUT2D eigenvalue weighted by atomic mass is 10.3. The molecule has 70 valence electrons. The molecule has 5 nitrogen and oxygen atoms in total. The van der Waals surface area contributed by atoms with Crippen LogP contribution in [0, 0.1) is 10.1 Å². The Hall–Kier alpha value is -1.14. The Kier molecular flexibility index (Phi) is 2.84. The molecule has 0 aromatic heterocycles. The molecule has 7 heteroatoms.